The van der Waals surface area contributed by atoms with Gasteiger partial charge in [-0.05, 0) is 78.7 Å². The first-order valence-electron chi connectivity index (χ1n) is 11.9. The van der Waals surface area contributed by atoms with Crippen molar-refractivity contribution < 1.29 is 22.3 Å². The Morgan fingerprint density at radius 3 is 2.66 bits per heavy atom. The zero-order valence-corrected chi connectivity index (χ0v) is 20.2. The fraction of sp³-hybridized carbons (Fsp3) is 0.379. The first-order chi connectivity index (χ1) is 16.5. The van der Waals surface area contributed by atoms with E-state index < -0.39 is 23.0 Å². The minimum atomic E-state index is -4.49. The highest BCUT2D eigenvalue weighted by atomic mass is 19.4. The summed E-state index contributed by atoms with van der Waals surface area (Å²) in [6, 6.07) is 8.57. The molecule has 2 saturated carbocycles. The summed E-state index contributed by atoms with van der Waals surface area (Å²) < 4.78 is 62.1. The summed E-state index contributed by atoms with van der Waals surface area (Å²) in [6.07, 6.45) is 1.85. The molecule has 0 N–H and O–H groups in total. The van der Waals surface area contributed by atoms with Crippen molar-refractivity contribution in [2.75, 3.05) is 11.4 Å². The van der Waals surface area contributed by atoms with Crippen LogP contribution < -0.4 is 4.90 Å². The Morgan fingerprint density at radius 1 is 1.20 bits per heavy atom. The highest BCUT2D eigenvalue weighted by molar-refractivity contribution is 5.75. The number of benzene rings is 2. The van der Waals surface area contributed by atoms with Crippen LogP contribution >= 0.6 is 0 Å². The summed E-state index contributed by atoms with van der Waals surface area (Å²) in [6.45, 7) is 10.1. The minimum Gasteiger partial charge on any atom is -0.489 e. The van der Waals surface area contributed by atoms with E-state index in [0.717, 1.165) is 18.4 Å². The van der Waals surface area contributed by atoms with Crippen molar-refractivity contribution in [2.24, 2.45) is 11.8 Å². The summed E-state index contributed by atoms with van der Waals surface area (Å²) in [7, 11) is 0. The molecular formula is C29H29F4NO. The first-order valence-corrected chi connectivity index (χ1v) is 11.9. The lowest BCUT2D eigenvalue weighted by Gasteiger charge is -2.25. The van der Waals surface area contributed by atoms with Gasteiger partial charge in [0.25, 0.3) is 0 Å². The maximum atomic E-state index is 15.1. The number of allylic oxidation sites excluding steroid dienone is 4. The molecule has 5 rings (SSSR count). The SMILES string of the molecule is C=C(/C=C1/CC2CC2/C1=C/C)OCc1cc2c(cc1F)C(C)(C)CN2c1ccccc1C(F)(F)F. The topological polar surface area (TPSA) is 12.5 Å². The van der Waals surface area contributed by atoms with E-state index in [0.29, 0.717) is 29.5 Å². The van der Waals surface area contributed by atoms with E-state index in [4.69, 9.17) is 4.74 Å². The molecule has 0 radical (unpaired) electrons. The third kappa shape index (κ3) is 4.28. The minimum absolute atomic E-state index is 0.0467. The number of hydrogen-bond acceptors (Lipinski definition) is 2. The number of nitrogens with zero attached hydrogens (tertiary/aromatic N) is 1. The molecular weight excluding hydrogens is 454 g/mol. The summed E-state index contributed by atoms with van der Waals surface area (Å²) in [4.78, 5) is 1.64. The van der Waals surface area contributed by atoms with Crippen molar-refractivity contribution in [3.8, 4) is 0 Å². The molecule has 0 aromatic heterocycles. The van der Waals surface area contributed by atoms with Gasteiger partial charge in [0, 0.05) is 23.2 Å². The third-order valence-corrected chi connectivity index (χ3v) is 7.47. The zero-order valence-electron chi connectivity index (χ0n) is 20.2. The van der Waals surface area contributed by atoms with Gasteiger partial charge in [-0.25, -0.2) is 4.39 Å². The average molecular weight is 484 g/mol. The maximum Gasteiger partial charge on any atom is 0.418 e. The molecule has 35 heavy (non-hydrogen) atoms. The molecule has 2 aromatic carbocycles. The van der Waals surface area contributed by atoms with Gasteiger partial charge < -0.3 is 9.64 Å². The number of rotatable bonds is 5. The van der Waals surface area contributed by atoms with Crippen LogP contribution in [0.4, 0.5) is 28.9 Å². The third-order valence-electron chi connectivity index (χ3n) is 7.47. The monoisotopic (exact) mass is 483 g/mol. The van der Waals surface area contributed by atoms with E-state index in [1.54, 1.807) is 17.0 Å². The first kappa shape index (κ1) is 23.7. The second-order valence-electron chi connectivity index (χ2n) is 10.4. The Kier molecular flexibility index (Phi) is 5.61. The number of hydrogen-bond donors (Lipinski definition) is 0. The Hall–Kier alpha value is -3.02. The average Bonchev–Trinajstić information content (AvgIpc) is 3.39. The van der Waals surface area contributed by atoms with E-state index in [1.165, 1.54) is 35.8 Å². The molecule has 2 atom stereocenters. The fourth-order valence-electron chi connectivity index (χ4n) is 5.65. The summed E-state index contributed by atoms with van der Waals surface area (Å²) in [5.74, 6) is 1.41. The molecule has 0 bridgehead atoms. The Bertz CT molecular complexity index is 1250. The highest BCUT2D eigenvalue weighted by Gasteiger charge is 2.46. The molecule has 2 fully saturated rings. The van der Waals surface area contributed by atoms with Crippen LogP contribution in [0.5, 0.6) is 0 Å². The number of ether oxygens (including phenoxy) is 1. The molecule has 2 nitrogen and oxygen atoms in total. The van der Waals surface area contributed by atoms with Crippen LogP contribution in [-0.4, -0.2) is 6.54 Å². The smallest absolute Gasteiger partial charge is 0.418 e. The Morgan fingerprint density at radius 2 is 1.94 bits per heavy atom. The predicted molar refractivity (Wildman–Crippen MR) is 130 cm³/mol. The standard InChI is InChI=1S/C29H29F4NO/c1-5-21-18(11-19-12-22(19)21)10-17(2)35-15-20-13-27-24(14-25(20)30)28(3,4)16-34(27)26-9-7-6-8-23(26)29(31,32)33/h5-10,13-14,19,22H,2,11-12,15-16H2,1,3-4H3/b18-10-,21-5+. The molecule has 0 spiro atoms. The van der Waals surface area contributed by atoms with Gasteiger partial charge in [0.05, 0.1) is 11.3 Å². The van der Waals surface area contributed by atoms with Crippen LogP contribution in [0.1, 0.15) is 50.3 Å². The van der Waals surface area contributed by atoms with Gasteiger partial charge in [-0.3, -0.25) is 0 Å². The van der Waals surface area contributed by atoms with Crippen LogP contribution in [0.2, 0.25) is 0 Å². The lowest BCUT2D eigenvalue weighted by Crippen LogP contribution is -2.26. The number of halogens is 4. The van der Waals surface area contributed by atoms with Gasteiger partial charge in [-0.1, -0.05) is 38.6 Å². The van der Waals surface area contributed by atoms with Crippen LogP contribution in [0.25, 0.3) is 0 Å². The van der Waals surface area contributed by atoms with E-state index in [9.17, 15) is 13.2 Å². The molecule has 2 aromatic rings. The van der Waals surface area contributed by atoms with E-state index in [-0.39, 0.29) is 17.9 Å². The van der Waals surface area contributed by atoms with Crippen molar-refractivity contribution in [3.05, 3.63) is 94.5 Å². The summed E-state index contributed by atoms with van der Waals surface area (Å²) in [5.41, 5.74) is 2.96. The largest absolute Gasteiger partial charge is 0.489 e. The van der Waals surface area contributed by atoms with Crippen LogP contribution in [0, 0.1) is 17.7 Å². The van der Waals surface area contributed by atoms with Gasteiger partial charge in [0.15, 0.2) is 0 Å². The molecule has 0 amide bonds. The zero-order chi connectivity index (χ0) is 25.1. The maximum absolute atomic E-state index is 15.1. The van der Waals surface area contributed by atoms with Crippen molar-refractivity contribution >= 4 is 11.4 Å². The summed E-state index contributed by atoms with van der Waals surface area (Å²) in [5, 5.41) is 0. The normalized spacial score (nSPS) is 24.6. The Labute approximate surface area is 203 Å². The van der Waals surface area contributed by atoms with E-state index in [2.05, 4.69) is 12.7 Å². The van der Waals surface area contributed by atoms with Gasteiger partial charge in [0.1, 0.15) is 18.2 Å². The van der Waals surface area contributed by atoms with Gasteiger partial charge >= 0.3 is 6.18 Å². The van der Waals surface area contributed by atoms with Gasteiger partial charge in [0.2, 0.25) is 0 Å². The second kappa shape index (κ2) is 8.28. The predicted octanol–water partition coefficient (Wildman–Crippen LogP) is 8.22. The van der Waals surface area contributed by atoms with Crippen LogP contribution in [-0.2, 0) is 22.9 Å². The van der Waals surface area contributed by atoms with Crippen LogP contribution in [0.3, 0.4) is 0 Å². The van der Waals surface area contributed by atoms with Gasteiger partial charge in [-0.15, -0.1) is 0 Å². The second-order valence-corrected chi connectivity index (χ2v) is 10.4. The number of anilines is 2. The molecule has 1 heterocycles. The number of para-hydroxylation sites is 1. The van der Waals surface area contributed by atoms with Crippen molar-refractivity contribution in [1.82, 2.24) is 0 Å². The molecule has 6 heteroatoms. The quantitative estimate of drug-likeness (QED) is 0.314. The van der Waals surface area contributed by atoms with Crippen molar-refractivity contribution in [3.63, 3.8) is 0 Å². The van der Waals surface area contributed by atoms with Crippen molar-refractivity contribution in [1.29, 1.82) is 0 Å². The molecule has 1 aliphatic heterocycles. The molecule has 184 valence electrons. The molecule has 2 unspecified atom stereocenters. The lowest BCUT2D eigenvalue weighted by molar-refractivity contribution is -0.137. The molecule has 2 aliphatic carbocycles. The van der Waals surface area contributed by atoms with Crippen LogP contribution in [0.15, 0.2) is 72.0 Å². The van der Waals surface area contributed by atoms with E-state index in [1.807, 2.05) is 26.8 Å². The Balaban J connectivity index is 1.42. The highest BCUT2D eigenvalue weighted by Crippen LogP contribution is 2.57. The number of alkyl halides is 3. The van der Waals surface area contributed by atoms with Crippen molar-refractivity contribution in [2.45, 2.75) is 51.8 Å². The molecule has 3 aliphatic rings. The molecule has 0 saturated heterocycles. The number of fused-ring (bicyclic) bond motifs is 2. The lowest BCUT2D eigenvalue weighted by atomic mass is 9.86. The summed E-state index contributed by atoms with van der Waals surface area (Å²) >= 11 is 0. The van der Waals surface area contributed by atoms with Gasteiger partial charge in [-0.2, -0.15) is 13.2 Å². The van der Waals surface area contributed by atoms with E-state index >= 15 is 4.39 Å². The fourth-order valence-corrected chi connectivity index (χ4v) is 5.65.